The molecule has 3 aromatic rings. The fourth-order valence-corrected chi connectivity index (χ4v) is 5.74. The average Bonchev–Trinajstić information content (AvgIpc) is 3.22. The minimum absolute atomic E-state index is 0. The van der Waals surface area contributed by atoms with Crippen LogP contribution in [0.3, 0.4) is 0 Å². The Morgan fingerprint density at radius 2 is 1.81 bits per heavy atom. The van der Waals surface area contributed by atoms with Crippen LogP contribution < -0.4 is 4.74 Å². The summed E-state index contributed by atoms with van der Waals surface area (Å²) < 4.78 is 18.8. The maximum Gasteiger partial charge on any atom is 0.138 e. The molecule has 7 heteroatoms. The maximum atomic E-state index is 12.5. The van der Waals surface area contributed by atoms with E-state index in [9.17, 15) is 9.50 Å². The van der Waals surface area contributed by atoms with Gasteiger partial charge in [0.05, 0.1) is 6.67 Å². The Balaban J connectivity index is 0.00000320. The summed E-state index contributed by atoms with van der Waals surface area (Å²) >= 11 is 12.7. The first-order chi connectivity index (χ1) is 17.5. The number of nitrogens with zero attached hydrogens (tertiary/aromatic N) is 2. The van der Waals surface area contributed by atoms with Crippen LogP contribution in [0.4, 0.5) is 4.39 Å². The predicted octanol–water partition coefficient (Wildman–Crippen LogP) is 7.84. The van der Waals surface area contributed by atoms with Crippen molar-refractivity contribution in [3.63, 3.8) is 0 Å². The van der Waals surface area contributed by atoms with Gasteiger partial charge in [-0.1, -0.05) is 48.8 Å². The van der Waals surface area contributed by atoms with Crippen LogP contribution in [0.15, 0.2) is 54.6 Å². The van der Waals surface area contributed by atoms with Gasteiger partial charge in [-0.05, 0) is 96.3 Å². The van der Waals surface area contributed by atoms with Gasteiger partial charge in [0.15, 0.2) is 0 Å². The minimum atomic E-state index is -0.276. The molecule has 0 unspecified atom stereocenters. The smallest absolute Gasteiger partial charge is 0.138 e. The van der Waals surface area contributed by atoms with Crippen molar-refractivity contribution in [3.05, 3.63) is 87.2 Å². The number of halogens is 3. The van der Waals surface area contributed by atoms with Crippen molar-refractivity contribution < 1.29 is 14.2 Å². The number of allylic oxidation sites excluding steroid dienone is 1. The van der Waals surface area contributed by atoms with E-state index in [1.807, 2.05) is 30.3 Å². The Kier molecular flexibility index (Phi) is 9.12. The number of alkyl halides is 1. The number of hydrogen-bond acceptors (Lipinski definition) is 4. The molecule has 1 aliphatic carbocycles. The zero-order valence-corrected chi connectivity index (χ0v) is 21.5. The van der Waals surface area contributed by atoms with Crippen LogP contribution in [-0.2, 0) is 6.42 Å². The Morgan fingerprint density at radius 3 is 2.57 bits per heavy atom. The van der Waals surface area contributed by atoms with Crippen molar-refractivity contribution in [2.45, 2.75) is 45.6 Å². The summed E-state index contributed by atoms with van der Waals surface area (Å²) in [7, 11) is 0. The van der Waals surface area contributed by atoms with Crippen molar-refractivity contribution >= 4 is 34.3 Å². The summed E-state index contributed by atoms with van der Waals surface area (Å²) in [4.78, 5) is 6.55. The van der Waals surface area contributed by atoms with E-state index in [0.29, 0.717) is 16.7 Å². The fraction of sp³-hybridized carbons (Fsp3) is 0.367. The van der Waals surface area contributed by atoms with Crippen molar-refractivity contribution in [3.8, 4) is 11.5 Å². The number of pyridine rings is 1. The van der Waals surface area contributed by atoms with E-state index < -0.39 is 0 Å². The summed E-state index contributed by atoms with van der Waals surface area (Å²) in [6, 6.07) is 17.5. The molecule has 37 heavy (non-hydrogen) atoms. The van der Waals surface area contributed by atoms with Crippen LogP contribution in [0.25, 0.3) is 11.1 Å². The Morgan fingerprint density at radius 1 is 1.03 bits per heavy atom. The van der Waals surface area contributed by atoms with Crippen LogP contribution in [0.5, 0.6) is 11.5 Å². The largest absolute Gasteiger partial charge is 0.508 e. The third kappa shape index (κ3) is 6.28. The molecule has 0 amide bonds. The van der Waals surface area contributed by atoms with Gasteiger partial charge in [0.2, 0.25) is 0 Å². The van der Waals surface area contributed by atoms with Crippen LogP contribution in [0, 0.1) is 0 Å². The number of hydrogen-bond donors (Lipinski definition) is 1. The summed E-state index contributed by atoms with van der Waals surface area (Å²) in [5.74, 6) is 1.09. The standard InChI is InChI=1S/C29H29Cl2FN2O2.CH4/c30-27-12-11-26(29(31)33-27)25-4-1-3-20-17-21(35)7-10-24(20)28(25)19-5-8-22(9-6-19)36-23-13-16-34(18-23)15-2-14-32;/h5-12,17,23,35H,1-4,13-16,18H2;1H4/t23-;/m0./s1. The van der Waals surface area contributed by atoms with Gasteiger partial charge in [-0.2, -0.15) is 0 Å². The number of rotatable bonds is 7. The lowest BCUT2D eigenvalue weighted by molar-refractivity contribution is 0.198. The van der Waals surface area contributed by atoms with Crippen LogP contribution in [-0.4, -0.2) is 47.4 Å². The molecular formula is C30H33Cl2FN2O2. The summed E-state index contributed by atoms with van der Waals surface area (Å²) in [6.45, 7) is 2.28. The summed E-state index contributed by atoms with van der Waals surface area (Å²) in [5, 5.41) is 10.9. The number of phenolic OH excluding ortho intramolecular Hbond substituents is 1. The van der Waals surface area contributed by atoms with Crippen molar-refractivity contribution in [2.24, 2.45) is 0 Å². The SMILES string of the molecule is C.Oc1ccc2c(c1)CCCC(c1ccc(Cl)nc1Cl)=C2c1ccc(O[C@H]2CCN(CCCF)C2)cc1. The molecule has 1 aromatic heterocycles. The molecule has 0 radical (unpaired) electrons. The molecule has 2 aromatic carbocycles. The maximum absolute atomic E-state index is 12.5. The number of ether oxygens (including phenoxy) is 1. The van der Waals surface area contributed by atoms with Crippen LogP contribution >= 0.6 is 23.2 Å². The van der Waals surface area contributed by atoms with Gasteiger partial charge in [-0.3, -0.25) is 9.29 Å². The molecule has 2 heterocycles. The number of phenols is 1. The zero-order valence-electron chi connectivity index (χ0n) is 20.0. The second-order valence-corrected chi connectivity index (χ2v) is 10.2. The molecule has 196 valence electrons. The Labute approximate surface area is 228 Å². The lowest BCUT2D eigenvalue weighted by Gasteiger charge is -2.19. The molecule has 4 nitrogen and oxygen atoms in total. The van der Waals surface area contributed by atoms with Crippen LogP contribution in [0.2, 0.25) is 10.3 Å². The van der Waals surface area contributed by atoms with E-state index in [0.717, 1.165) is 84.5 Å². The number of likely N-dealkylation sites (tertiary alicyclic amines) is 1. The highest BCUT2D eigenvalue weighted by atomic mass is 35.5. The first-order valence-corrected chi connectivity index (χ1v) is 13.2. The lowest BCUT2D eigenvalue weighted by atomic mass is 9.88. The number of fused-ring (bicyclic) bond motifs is 1. The molecule has 0 spiro atoms. The molecule has 1 atom stereocenters. The van der Waals surface area contributed by atoms with Gasteiger partial charge in [-0.15, -0.1) is 0 Å². The molecule has 0 saturated carbocycles. The zero-order chi connectivity index (χ0) is 25.1. The van der Waals surface area contributed by atoms with E-state index in [1.54, 1.807) is 12.1 Å². The quantitative estimate of drug-likeness (QED) is 0.309. The third-order valence-electron chi connectivity index (χ3n) is 6.96. The highest BCUT2D eigenvalue weighted by molar-refractivity contribution is 6.33. The number of benzene rings is 2. The molecule has 1 saturated heterocycles. The molecule has 1 fully saturated rings. The second kappa shape index (κ2) is 12.3. The van der Waals surface area contributed by atoms with Crippen LogP contribution in [0.1, 0.15) is 55.4 Å². The van der Waals surface area contributed by atoms with Gasteiger partial charge in [0.1, 0.15) is 27.9 Å². The van der Waals surface area contributed by atoms with E-state index in [-0.39, 0.29) is 26.0 Å². The summed E-state index contributed by atoms with van der Waals surface area (Å²) in [6.07, 6.45) is 4.24. The molecular weight excluding hydrogens is 510 g/mol. The minimum Gasteiger partial charge on any atom is -0.508 e. The Hall–Kier alpha value is -2.60. The average molecular weight is 544 g/mol. The van der Waals surface area contributed by atoms with E-state index >= 15 is 0 Å². The summed E-state index contributed by atoms with van der Waals surface area (Å²) in [5.41, 5.74) is 6.31. The Bertz CT molecular complexity index is 1260. The normalized spacial score (nSPS) is 17.8. The third-order valence-corrected chi connectivity index (χ3v) is 7.45. The fourth-order valence-electron chi connectivity index (χ4n) is 5.28. The van der Waals surface area contributed by atoms with Crippen molar-refractivity contribution in [1.29, 1.82) is 0 Å². The number of aryl methyl sites for hydroxylation is 1. The highest BCUT2D eigenvalue weighted by Crippen LogP contribution is 2.42. The van der Waals surface area contributed by atoms with Crippen molar-refractivity contribution in [2.75, 3.05) is 26.3 Å². The van der Waals surface area contributed by atoms with Gasteiger partial charge in [-0.25, -0.2) is 4.98 Å². The monoisotopic (exact) mass is 542 g/mol. The molecule has 5 rings (SSSR count). The van der Waals surface area contributed by atoms with E-state index in [4.69, 9.17) is 27.9 Å². The van der Waals surface area contributed by atoms with E-state index in [2.05, 4.69) is 22.0 Å². The predicted molar refractivity (Wildman–Crippen MR) is 150 cm³/mol. The molecule has 1 N–H and O–H groups in total. The van der Waals surface area contributed by atoms with Gasteiger partial charge >= 0.3 is 0 Å². The molecule has 0 bridgehead atoms. The second-order valence-electron chi connectivity index (χ2n) is 9.42. The van der Waals surface area contributed by atoms with Gasteiger partial charge in [0.25, 0.3) is 0 Å². The first-order valence-electron chi connectivity index (χ1n) is 12.4. The van der Waals surface area contributed by atoms with Gasteiger partial charge < -0.3 is 9.84 Å². The molecule has 1 aliphatic heterocycles. The van der Waals surface area contributed by atoms with Gasteiger partial charge in [0, 0.05) is 25.2 Å². The topological polar surface area (TPSA) is 45.6 Å². The molecule has 2 aliphatic rings. The first kappa shape index (κ1) is 27.4. The number of aromatic hydroxyl groups is 1. The van der Waals surface area contributed by atoms with Crippen molar-refractivity contribution in [1.82, 2.24) is 9.88 Å². The number of aromatic nitrogens is 1. The van der Waals surface area contributed by atoms with E-state index in [1.165, 1.54) is 0 Å². The highest BCUT2D eigenvalue weighted by Gasteiger charge is 2.25. The lowest BCUT2D eigenvalue weighted by Crippen LogP contribution is -2.26.